The first kappa shape index (κ1) is 21.8. The molecule has 2 atom stereocenters. The van der Waals surface area contributed by atoms with Crippen molar-refractivity contribution in [2.75, 3.05) is 20.1 Å². The minimum Gasteiger partial charge on any atom is -0.354 e. The summed E-state index contributed by atoms with van der Waals surface area (Å²) in [6, 6.07) is 1.05. The van der Waals surface area contributed by atoms with Crippen LogP contribution >= 0.6 is 24.0 Å². The molecule has 3 fully saturated rings. The largest absolute Gasteiger partial charge is 0.354 e. The van der Waals surface area contributed by atoms with Gasteiger partial charge in [0.1, 0.15) is 0 Å². The molecule has 3 rings (SSSR count). The number of piperidine rings is 1. The molecule has 26 heavy (non-hydrogen) atoms. The Balaban J connectivity index is 0.00000243. The monoisotopic (exact) mass is 476 g/mol. The molecule has 2 N–H and O–H groups in total. The molecule has 0 aromatic heterocycles. The fourth-order valence-electron chi connectivity index (χ4n) is 4.61. The number of rotatable bonds is 4. The Morgan fingerprint density at radius 2 is 1.69 bits per heavy atom. The van der Waals surface area contributed by atoms with Crippen LogP contribution in [0.15, 0.2) is 4.99 Å². The van der Waals surface area contributed by atoms with Gasteiger partial charge in [0.05, 0.1) is 0 Å². The molecule has 1 aliphatic heterocycles. The highest BCUT2D eigenvalue weighted by Crippen LogP contribution is 2.44. The van der Waals surface area contributed by atoms with Gasteiger partial charge in [-0.3, -0.25) is 9.79 Å². The van der Waals surface area contributed by atoms with Gasteiger partial charge < -0.3 is 15.5 Å². The number of halogens is 1. The van der Waals surface area contributed by atoms with Crippen molar-refractivity contribution in [3.8, 4) is 0 Å². The number of hydrogen-bond donors (Lipinski definition) is 2. The van der Waals surface area contributed by atoms with Crippen molar-refractivity contribution in [3.63, 3.8) is 0 Å². The fourth-order valence-corrected chi connectivity index (χ4v) is 4.61. The van der Waals surface area contributed by atoms with E-state index in [0.29, 0.717) is 12.1 Å². The normalized spacial score (nSPS) is 27.8. The van der Waals surface area contributed by atoms with Gasteiger partial charge in [0.2, 0.25) is 5.91 Å². The Hall–Kier alpha value is -0.530. The maximum atomic E-state index is 12.1. The summed E-state index contributed by atoms with van der Waals surface area (Å²) < 4.78 is 0. The van der Waals surface area contributed by atoms with Crippen molar-refractivity contribution in [2.45, 2.75) is 77.3 Å². The van der Waals surface area contributed by atoms with E-state index in [0.717, 1.165) is 43.7 Å². The van der Waals surface area contributed by atoms with Crippen LogP contribution in [0.2, 0.25) is 0 Å². The van der Waals surface area contributed by atoms with Crippen molar-refractivity contribution in [1.82, 2.24) is 15.5 Å². The van der Waals surface area contributed by atoms with E-state index in [-0.39, 0.29) is 35.8 Å². The summed E-state index contributed by atoms with van der Waals surface area (Å²) in [6.07, 6.45) is 10.5. The summed E-state index contributed by atoms with van der Waals surface area (Å²) in [4.78, 5) is 18.5. The second-order valence-corrected chi connectivity index (χ2v) is 8.52. The lowest BCUT2D eigenvalue weighted by molar-refractivity contribution is -0.135. The van der Waals surface area contributed by atoms with E-state index in [1.807, 2.05) is 25.8 Å². The molecule has 1 amide bonds. The first-order valence-corrected chi connectivity index (χ1v) is 10.4. The van der Waals surface area contributed by atoms with E-state index in [1.54, 1.807) is 0 Å². The lowest BCUT2D eigenvalue weighted by Crippen LogP contribution is -2.50. The zero-order chi connectivity index (χ0) is 17.8. The number of carbonyl (C=O) groups is 1. The molecule has 5 nitrogen and oxygen atoms in total. The van der Waals surface area contributed by atoms with Crippen LogP contribution in [-0.4, -0.2) is 49.0 Å². The highest BCUT2D eigenvalue weighted by Gasteiger charge is 2.43. The Labute approximate surface area is 176 Å². The number of carbonyl (C=O) groups excluding carboxylic acids is 1. The third-order valence-electron chi connectivity index (χ3n) is 6.28. The molecule has 1 heterocycles. The predicted molar refractivity (Wildman–Crippen MR) is 118 cm³/mol. The molecule has 6 heteroatoms. The predicted octanol–water partition coefficient (Wildman–Crippen LogP) is 3.39. The number of likely N-dealkylation sites (tertiary alicyclic amines) is 1. The summed E-state index contributed by atoms with van der Waals surface area (Å²) in [7, 11) is 1.87. The lowest BCUT2D eigenvalue weighted by Gasteiger charge is -2.34. The number of guanidine groups is 1. The molecule has 150 valence electrons. The van der Waals surface area contributed by atoms with Crippen molar-refractivity contribution < 1.29 is 4.79 Å². The summed E-state index contributed by atoms with van der Waals surface area (Å²) in [5.41, 5.74) is 0. The Bertz CT molecular complexity index is 482. The van der Waals surface area contributed by atoms with Crippen LogP contribution in [0.3, 0.4) is 0 Å². The van der Waals surface area contributed by atoms with Gasteiger partial charge in [-0.1, -0.05) is 46.0 Å². The quantitative estimate of drug-likeness (QED) is 0.372. The van der Waals surface area contributed by atoms with Gasteiger partial charge in [-0.25, -0.2) is 0 Å². The van der Waals surface area contributed by atoms with E-state index in [2.05, 4.69) is 15.6 Å². The number of amides is 1. The average Bonchev–Trinajstić information content (AvgIpc) is 3.41. The number of nitrogens with one attached hydrogen (secondary N) is 2. The van der Waals surface area contributed by atoms with Crippen molar-refractivity contribution >= 4 is 35.8 Å². The molecule has 0 aromatic rings. The van der Waals surface area contributed by atoms with Crippen LogP contribution < -0.4 is 10.6 Å². The Kier molecular flexibility index (Phi) is 8.48. The summed E-state index contributed by atoms with van der Waals surface area (Å²) in [5.74, 6) is 3.15. The van der Waals surface area contributed by atoms with Crippen molar-refractivity contribution in [2.24, 2.45) is 22.7 Å². The minimum absolute atomic E-state index is 0. The fraction of sp³-hybridized carbons (Fsp3) is 0.900. The smallest absolute Gasteiger partial charge is 0.225 e. The maximum Gasteiger partial charge on any atom is 0.225 e. The molecule has 3 aliphatic rings. The molecular formula is C20H37IN4O. The van der Waals surface area contributed by atoms with Crippen molar-refractivity contribution in [1.29, 1.82) is 0 Å². The number of nitrogens with zero attached hydrogens (tertiary/aromatic N) is 2. The van der Waals surface area contributed by atoms with Gasteiger partial charge in [-0.15, -0.1) is 24.0 Å². The van der Waals surface area contributed by atoms with Crippen LogP contribution in [-0.2, 0) is 4.79 Å². The van der Waals surface area contributed by atoms with Crippen LogP contribution in [0.1, 0.15) is 65.2 Å². The lowest BCUT2D eigenvalue weighted by atomic mass is 9.85. The molecule has 0 aromatic carbocycles. The number of hydrogen-bond acceptors (Lipinski definition) is 2. The van der Waals surface area contributed by atoms with E-state index >= 15 is 0 Å². The van der Waals surface area contributed by atoms with Crippen LogP contribution in [0.5, 0.6) is 0 Å². The van der Waals surface area contributed by atoms with Gasteiger partial charge in [0, 0.05) is 38.1 Å². The topological polar surface area (TPSA) is 56.7 Å². The SMILES string of the molecule is CN=C(NC1CCN(C(=O)C(C)C)CC1)NC1CC1C1CCCCC1.I. The zero-order valence-electron chi connectivity index (χ0n) is 16.7. The van der Waals surface area contributed by atoms with Crippen LogP contribution in [0.25, 0.3) is 0 Å². The molecule has 1 saturated heterocycles. The Morgan fingerprint density at radius 1 is 1.04 bits per heavy atom. The summed E-state index contributed by atoms with van der Waals surface area (Å²) in [6.45, 7) is 5.69. The van der Waals surface area contributed by atoms with Crippen LogP contribution in [0.4, 0.5) is 0 Å². The Morgan fingerprint density at radius 3 is 2.27 bits per heavy atom. The third kappa shape index (κ3) is 5.73. The second-order valence-electron chi connectivity index (χ2n) is 8.52. The highest BCUT2D eigenvalue weighted by molar-refractivity contribution is 14.0. The molecule has 2 saturated carbocycles. The average molecular weight is 476 g/mol. The van der Waals surface area contributed by atoms with E-state index < -0.39 is 0 Å². The second kappa shape index (κ2) is 10.1. The number of aliphatic imine (C=N–C) groups is 1. The van der Waals surface area contributed by atoms with Crippen LogP contribution in [0, 0.1) is 17.8 Å². The zero-order valence-corrected chi connectivity index (χ0v) is 19.0. The molecule has 2 unspecified atom stereocenters. The van der Waals surface area contributed by atoms with Gasteiger partial charge in [-0.05, 0) is 31.1 Å². The third-order valence-corrected chi connectivity index (χ3v) is 6.28. The summed E-state index contributed by atoms with van der Waals surface area (Å²) >= 11 is 0. The molecule has 2 aliphatic carbocycles. The minimum atomic E-state index is 0. The van der Waals surface area contributed by atoms with Gasteiger partial charge in [0.25, 0.3) is 0 Å². The first-order chi connectivity index (χ1) is 12.1. The maximum absolute atomic E-state index is 12.1. The highest BCUT2D eigenvalue weighted by atomic mass is 127. The van der Waals surface area contributed by atoms with Gasteiger partial charge >= 0.3 is 0 Å². The molecule has 0 bridgehead atoms. The van der Waals surface area contributed by atoms with Crippen molar-refractivity contribution in [3.05, 3.63) is 0 Å². The summed E-state index contributed by atoms with van der Waals surface area (Å²) in [5, 5.41) is 7.24. The molecular weight excluding hydrogens is 439 g/mol. The van der Waals surface area contributed by atoms with E-state index in [9.17, 15) is 4.79 Å². The molecule has 0 radical (unpaired) electrons. The van der Waals surface area contributed by atoms with E-state index in [4.69, 9.17) is 0 Å². The standard InChI is InChI=1S/C20H36N4O.HI/c1-14(2)19(25)24-11-9-16(10-12-24)22-20(21-3)23-18-13-17(18)15-7-5-4-6-8-15;/h14-18H,4-13H2,1-3H3,(H2,21,22,23);1H. The van der Waals surface area contributed by atoms with Gasteiger partial charge in [-0.2, -0.15) is 0 Å². The first-order valence-electron chi connectivity index (χ1n) is 10.4. The van der Waals surface area contributed by atoms with Gasteiger partial charge in [0.15, 0.2) is 5.96 Å². The van der Waals surface area contributed by atoms with E-state index in [1.165, 1.54) is 38.5 Å². The molecule has 0 spiro atoms.